The van der Waals surface area contributed by atoms with Gasteiger partial charge in [-0.1, -0.05) is 19.8 Å². The van der Waals surface area contributed by atoms with E-state index in [4.69, 9.17) is 5.73 Å². The van der Waals surface area contributed by atoms with E-state index in [0.29, 0.717) is 23.7 Å². The number of rotatable bonds is 6. The molecular weight excluding hydrogens is 267 g/mol. The van der Waals surface area contributed by atoms with Crippen molar-refractivity contribution in [1.82, 2.24) is 5.32 Å². The molecule has 0 saturated heterocycles. The van der Waals surface area contributed by atoms with Gasteiger partial charge in [-0.15, -0.1) is 0 Å². The van der Waals surface area contributed by atoms with E-state index >= 15 is 0 Å². The standard InChI is InChI=1S/C17H25FN2O/c1-2-3-12-4-7-15(8-5-12)20-11-14-10-13(17(19)21)6-9-16(14)18/h6,9-10,12,15,20H,2-5,7-8,11H2,1H3,(H2,19,21). The zero-order chi connectivity index (χ0) is 15.2. The molecule has 0 heterocycles. The van der Waals surface area contributed by atoms with E-state index in [0.717, 1.165) is 18.8 Å². The lowest BCUT2D eigenvalue weighted by Crippen LogP contribution is -2.33. The number of amides is 1. The Hall–Kier alpha value is -1.42. The van der Waals surface area contributed by atoms with Gasteiger partial charge in [0.25, 0.3) is 0 Å². The van der Waals surface area contributed by atoms with Crippen LogP contribution in [0.5, 0.6) is 0 Å². The van der Waals surface area contributed by atoms with Crippen molar-refractivity contribution in [2.75, 3.05) is 0 Å². The van der Waals surface area contributed by atoms with Gasteiger partial charge in [-0.3, -0.25) is 4.79 Å². The van der Waals surface area contributed by atoms with Crippen molar-refractivity contribution in [3.05, 3.63) is 35.1 Å². The summed E-state index contributed by atoms with van der Waals surface area (Å²) in [7, 11) is 0. The van der Waals surface area contributed by atoms with Crippen molar-refractivity contribution in [3.8, 4) is 0 Å². The van der Waals surface area contributed by atoms with Crippen molar-refractivity contribution in [2.24, 2.45) is 11.7 Å². The van der Waals surface area contributed by atoms with Crippen LogP contribution in [-0.4, -0.2) is 11.9 Å². The van der Waals surface area contributed by atoms with Crippen LogP contribution in [0.4, 0.5) is 4.39 Å². The number of halogens is 1. The van der Waals surface area contributed by atoms with E-state index in [1.54, 1.807) is 6.07 Å². The number of nitrogens with one attached hydrogen (secondary N) is 1. The molecule has 0 bridgehead atoms. The van der Waals surface area contributed by atoms with E-state index in [1.807, 2.05) is 0 Å². The Morgan fingerprint density at radius 3 is 2.67 bits per heavy atom. The van der Waals surface area contributed by atoms with Crippen LogP contribution in [0.25, 0.3) is 0 Å². The number of hydrogen-bond acceptors (Lipinski definition) is 2. The second-order valence-electron chi connectivity index (χ2n) is 6.06. The average molecular weight is 292 g/mol. The Balaban J connectivity index is 1.86. The third-order valence-corrected chi connectivity index (χ3v) is 4.46. The molecule has 1 saturated carbocycles. The highest BCUT2D eigenvalue weighted by molar-refractivity contribution is 5.92. The number of hydrogen-bond donors (Lipinski definition) is 2. The summed E-state index contributed by atoms with van der Waals surface area (Å²) in [5, 5.41) is 3.42. The first kappa shape index (κ1) is 16.0. The first-order valence-corrected chi connectivity index (χ1v) is 7.91. The third kappa shape index (κ3) is 4.53. The fourth-order valence-corrected chi connectivity index (χ4v) is 3.18. The summed E-state index contributed by atoms with van der Waals surface area (Å²) in [6, 6.07) is 4.74. The molecular formula is C17H25FN2O. The molecule has 116 valence electrons. The maximum absolute atomic E-state index is 13.8. The summed E-state index contributed by atoms with van der Waals surface area (Å²) in [5.41, 5.74) is 6.11. The van der Waals surface area contributed by atoms with Gasteiger partial charge < -0.3 is 11.1 Å². The molecule has 0 aliphatic heterocycles. The lowest BCUT2D eigenvalue weighted by atomic mass is 9.83. The summed E-state index contributed by atoms with van der Waals surface area (Å²) < 4.78 is 13.8. The van der Waals surface area contributed by atoms with E-state index in [9.17, 15) is 9.18 Å². The largest absolute Gasteiger partial charge is 0.366 e. The number of nitrogens with two attached hydrogens (primary N) is 1. The van der Waals surface area contributed by atoms with Gasteiger partial charge in [0.1, 0.15) is 5.82 Å². The first-order chi connectivity index (χ1) is 10.1. The first-order valence-electron chi connectivity index (χ1n) is 7.91. The van der Waals surface area contributed by atoms with Gasteiger partial charge in [0.2, 0.25) is 5.91 Å². The Bertz CT molecular complexity index is 482. The molecule has 1 aromatic rings. The smallest absolute Gasteiger partial charge is 0.248 e. The quantitative estimate of drug-likeness (QED) is 0.844. The summed E-state index contributed by atoms with van der Waals surface area (Å²) in [4.78, 5) is 11.1. The topological polar surface area (TPSA) is 55.1 Å². The number of primary amides is 1. The molecule has 1 aromatic carbocycles. The molecule has 1 aliphatic rings. The van der Waals surface area contributed by atoms with E-state index in [-0.39, 0.29) is 5.82 Å². The van der Waals surface area contributed by atoms with Gasteiger partial charge in [-0.25, -0.2) is 4.39 Å². The molecule has 3 nitrogen and oxygen atoms in total. The summed E-state index contributed by atoms with van der Waals surface area (Å²) >= 11 is 0. The molecule has 4 heteroatoms. The van der Waals surface area contributed by atoms with Crippen LogP contribution in [0.1, 0.15) is 61.4 Å². The monoisotopic (exact) mass is 292 g/mol. The van der Waals surface area contributed by atoms with Gasteiger partial charge >= 0.3 is 0 Å². The van der Waals surface area contributed by atoms with Gasteiger partial charge in [0.15, 0.2) is 0 Å². The van der Waals surface area contributed by atoms with Gasteiger partial charge in [-0.2, -0.15) is 0 Å². The normalized spacial score (nSPS) is 22.2. The predicted molar refractivity (Wildman–Crippen MR) is 82.4 cm³/mol. The molecule has 0 unspecified atom stereocenters. The van der Waals surface area contributed by atoms with Crippen molar-refractivity contribution in [1.29, 1.82) is 0 Å². The van der Waals surface area contributed by atoms with Gasteiger partial charge in [0, 0.05) is 23.7 Å². The highest BCUT2D eigenvalue weighted by Gasteiger charge is 2.20. The number of carbonyl (C=O) groups is 1. The molecule has 0 spiro atoms. The average Bonchev–Trinajstić information content (AvgIpc) is 2.48. The van der Waals surface area contributed by atoms with Gasteiger partial charge in [-0.05, 0) is 49.8 Å². The molecule has 21 heavy (non-hydrogen) atoms. The fraction of sp³-hybridized carbons (Fsp3) is 0.588. The van der Waals surface area contributed by atoms with Crippen molar-refractivity contribution in [2.45, 2.75) is 58.0 Å². The lowest BCUT2D eigenvalue weighted by molar-refractivity contribution is 0.1000. The van der Waals surface area contributed by atoms with Crippen molar-refractivity contribution < 1.29 is 9.18 Å². The number of carbonyl (C=O) groups excluding carboxylic acids is 1. The van der Waals surface area contributed by atoms with E-state index in [1.165, 1.54) is 37.8 Å². The maximum atomic E-state index is 13.8. The zero-order valence-corrected chi connectivity index (χ0v) is 12.7. The van der Waals surface area contributed by atoms with Gasteiger partial charge in [0.05, 0.1) is 0 Å². The molecule has 3 N–H and O–H groups in total. The third-order valence-electron chi connectivity index (χ3n) is 4.46. The van der Waals surface area contributed by atoms with Crippen LogP contribution in [0.2, 0.25) is 0 Å². The molecule has 0 radical (unpaired) electrons. The fourth-order valence-electron chi connectivity index (χ4n) is 3.18. The second kappa shape index (κ2) is 7.55. The Kier molecular flexibility index (Phi) is 5.74. The molecule has 0 atom stereocenters. The van der Waals surface area contributed by atoms with Crippen molar-refractivity contribution >= 4 is 5.91 Å². The van der Waals surface area contributed by atoms with Crippen molar-refractivity contribution in [3.63, 3.8) is 0 Å². The highest BCUT2D eigenvalue weighted by Crippen LogP contribution is 2.27. The Morgan fingerprint density at radius 1 is 1.33 bits per heavy atom. The highest BCUT2D eigenvalue weighted by atomic mass is 19.1. The van der Waals surface area contributed by atoms with Crippen LogP contribution in [0, 0.1) is 11.7 Å². The van der Waals surface area contributed by atoms with E-state index in [2.05, 4.69) is 12.2 Å². The molecule has 1 amide bonds. The lowest BCUT2D eigenvalue weighted by Gasteiger charge is -2.29. The van der Waals surface area contributed by atoms with E-state index < -0.39 is 5.91 Å². The molecule has 1 aliphatic carbocycles. The minimum absolute atomic E-state index is 0.285. The Labute approximate surface area is 126 Å². The predicted octanol–water partition coefficient (Wildman–Crippen LogP) is 3.37. The molecule has 1 fully saturated rings. The van der Waals surface area contributed by atoms with Crippen LogP contribution < -0.4 is 11.1 Å². The minimum Gasteiger partial charge on any atom is -0.366 e. The van der Waals surface area contributed by atoms with Crippen LogP contribution >= 0.6 is 0 Å². The molecule has 0 aromatic heterocycles. The van der Waals surface area contributed by atoms with Crippen LogP contribution in [0.3, 0.4) is 0 Å². The summed E-state index contributed by atoms with van der Waals surface area (Å²) in [6.07, 6.45) is 7.41. The Morgan fingerprint density at radius 2 is 2.05 bits per heavy atom. The summed E-state index contributed by atoms with van der Waals surface area (Å²) in [6.45, 7) is 2.69. The molecule has 2 rings (SSSR count). The number of benzene rings is 1. The summed E-state index contributed by atoms with van der Waals surface area (Å²) in [5.74, 6) is 0.0615. The minimum atomic E-state index is -0.517. The van der Waals surface area contributed by atoms with Crippen LogP contribution in [-0.2, 0) is 6.54 Å². The maximum Gasteiger partial charge on any atom is 0.248 e. The second-order valence-corrected chi connectivity index (χ2v) is 6.06. The van der Waals surface area contributed by atoms with Crippen LogP contribution in [0.15, 0.2) is 18.2 Å². The SMILES string of the molecule is CCCC1CCC(NCc2cc(C(N)=O)ccc2F)CC1. The zero-order valence-electron chi connectivity index (χ0n) is 12.7.